The van der Waals surface area contributed by atoms with Crippen LogP contribution in [0.5, 0.6) is 0 Å². The standard InChI is InChI=1S/C21H27ClN4O3/c1-2-9-23-19(27)15-25-10-12-26(13-11-25)21(28)8-7-20-24-14-18(29-20)16-5-3-4-6-17(16)22/h3-6,14H,2,7-13,15H2,1H3,(H,23,27). The van der Waals surface area contributed by atoms with Gasteiger partial charge in [0.25, 0.3) is 0 Å². The number of amides is 2. The average molecular weight is 419 g/mol. The molecule has 1 aromatic carbocycles. The molecule has 2 heterocycles. The summed E-state index contributed by atoms with van der Waals surface area (Å²) in [4.78, 5) is 32.5. The van der Waals surface area contributed by atoms with E-state index in [0.717, 1.165) is 12.0 Å². The molecule has 156 valence electrons. The summed E-state index contributed by atoms with van der Waals surface area (Å²) >= 11 is 6.19. The second kappa shape index (κ2) is 10.4. The fraction of sp³-hybridized carbons (Fsp3) is 0.476. The van der Waals surface area contributed by atoms with Crippen LogP contribution in [0.4, 0.5) is 0 Å². The van der Waals surface area contributed by atoms with E-state index in [4.69, 9.17) is 16.0 Å². The number of hydrogen-bond acceptors (Lipinski definition) is 5. The molecular formula is C21H27ClN4O3. The molecule has 8 heteroatoms. The molecule has 3 rings (SSSR count). The van der Waals surface area contributed by atoms with Gasteiger partial charge < -0.3 is 14.6 Å². The number of piperazine rings is 1. The molecule has 1 aliphatic heterocycles. The molecular weight excluding hydrogens is 392 g/mol. The van der Waals surface area contributed by atoms with Crippen LogP contribution in [0.2, 0.25) is 5.02 Å². The maximum Gasteiger partial charge on any atom is 0.234 e. The van der Waals surface area contributed by atoms with Crippen molar-refractivity contribution in [3.05, 3.63) is 41.4 Å². The van der Waals surface area contributed by atoms with Crippen LogP contribution < -0.4 is 5.32 Å². The van der Waals surface area contributed by atoms with E-state index in [-0.39, 0.29) is 11.8 Å². The Morgan fingerprint density at radius 3 is 2.69 bits per heavy atom. The van der Waals surface area contributed by atoms with E-state index < -0.39 is 0 Å². The Balaban J connectivity index is 1.43. The van der Waals surface area contributed by atoms with Gasteiger partial charge in [0.05, 0.1) is 17.8 Å². The van der Waals surface area contributed by atoms with Crippen molar-refractivity contribution in [1.29, 1.82) is 0 Å². The third kappa shape index (κ3) is 6.05. The van der Waals surface area contributed by atoms with Gasteiger partial charge in [-0.25, -0.2) is 4.98 Å². The van der Waals surface area contributed by atoms with Gasteiger partial charge in [0.2, 0.25) is 11.8 Å². The number of rotatable bonds is 8. The van der Waals surface area contributed by atoms with Crippen molar-refractivity contribution in [2.24, 2.45) is 0 Å². The Morgan fingerprint density at radius 1 is 1.21 bits per heavy atom. The predicted molar refractivity (Wildman–Crippen MR) is 112 cm³/mol. The van der Waals surface area contributed by atoms with E-state index in [0.29, 0.717) is 68.8 Å². The molecule has 1 saturated heterocycles. The number of halogens is 1. The lowest BCUT2D eigenvalue weighted by Gasteiger charge is -2.34. The number of hydrogen-bond donors (Lipinski definition) is 1. The number of oxazole rings is 1. The Hall–Kier alpha value is -2.38. The SMILES string of the molecule is CCCNC(=O)CN1CCN(C(=O)CCc2ncc(-c3ccccc3Cl)o2)CC1. The Labute approximate surface area is 176 Å². The van der Waals surface area contributed by atoms with E-state index in [1.165, 1.54) is 0 Å². The maximum absolute atomic E-state index is 12.5. The molecule has 1 fully saturated rings. The number of benzene rings is 1. The number of carbonyl (C=O) groups is 2. The van der Waals surface area contributed by atoms with Crippen LogP contribution in [0.15, 0.2) is 34.9 Å². The van der Waals surface area contributed by atoms with E-state index in [1.807, 2.05) is 30.0 Å². The highest BCUT2D eigenvalue weighted by Gasteiger charge is 2.22. The molecule has 0 radical (unpaired) electrons. The monoisotopic (exact) mass is 418 g/mol. The lowest BCUT2D eigenvalue weighted by atomic mass is 10.2. The Kier molecular flexibility index (Phi) is 7.66. The van der Waals surface area contributed by atoms with Crippen molar-refractivity contribution < 1.29 is 14.0 Å². The topological polar surface area (TPSA) is 78.7 Å². The summed E-state index contributed by atoms with van der Waals surface area (Å²) in [7, 11) is 0. The molecule has 0 spiro atoms. The summed E-state index contributed by atoms with van der Waals surface area (Å²) in [5.41, 5.74) is 0.790. The summed E-state index contributed by atoms with van der Waals surface area (Å²) in [6, 6.07) is 7.43. The smallest absolute Gasteiger partial charge is 0.234 e. The second-order valence-corrected chi connectivity index (χ2v) is 7.51. The Bertz CT molecular complexity index is 831. The number of nitrogens with one attached hydrogen (secondary N) is 1. The van der Waals surface area contributed by atoms with Crippen molar-refractivity contribution in [3.63, 3.8) is 0 Å². The molecule has 1 N–H and O–H groups in total. The van der Waals surface area contributed by atoms with Gasteiger partial charge in [-0.2, -0.15) is 0 Å². The van der Waals surface area contributed by atoms with Crippen LogP contribution >= 0.6 is 11.6 Å². The van der Waals surface area contributed by atoms with E-state index in [1.54, 1.807) is 12.3 Å². The summed E-state index contributed by atoms with van der Waals surface area (Å²) < 4.78 is 5.76. The maximum atomic E-state index is 12.5. The molecule has 2 aromatic rings. The van der Waals surface area contributed by atoms with E-state index in [2.05, 4.69) is 15.2 Å². The lowest BCUT2D eigenvalue weighted by molar-refractivity contribution is -0.133. The average Bonchev–Trinajstić information content (AvgIpc) is 3.20. The molecule has 0 atom stereocenters. The van der Waals surface area contributed by atoms with Gasteiger partial charge in [-0.15, -0.1) is 0 Å². The highest BCUT2D eigenvalue weighted by atomic mass is 35.5. The fourth-order valence-corrected chi connectivity index (χ4v) is 3.49. The first-order chi connectivity index (χ1) is 14.1. The summed E-state index contributed by atoms with van der Waals surface area (Å²) in [6.45, 7) is 5.81. The number of carbonyl (C=O) groups excluding carboxylic acids is 2. The second-order valence-electron chi connectivity index (χ2n) is 7.10. The molecule has 0 bridgehead atoms. The zero-order chi connectivity index (χ0) is 20.6. The van der Waals surface area contributed by atoms with E-state index in [9.17, 15) is 9.59 Å². The van der Waals surface area contributed by atoms with Gasteiger partial charge in [-0.3, -0.25) is 14.5 Å². The van der Waals surface area contributed by atoms with Crippen LogP contribution in [0.1, 0.15) is 25.7 Å². The van der Waals surface area contributed by atoms with Gasteiger partial charge in [0, 0.05) is 51.1 Å². The van der Waals surface area contributed by atoms with Crippen LogP contribution in [0.3, 0.4) is 0 Å². The third-order valence-electron chi connectivity index (χ3n) is 4.91. The van der Waals surface area contributed by atoms with Crippen LogP contribution in [0.25, 0.3) is 11.3 Å². The minimum absolute atomic E-state index is 0.0462. The fourth-order valence-electron chi connectivity index (χ4n) is 3.26. The molecule has 0 aliphatic carbocycles. The van der Waals surface area contributed by atoms with Crippen molar-refractivity contribution in [3.8, 4) is 11.3 Å². The van der Waals surface area contributed by atoms with Gasteiger partial charge in [0.15, 0.2) is 11.7 Å². The minimum Gasteiger partial charge on any atom is -0.441 e. The van der Waals surface area contributed by atoms with Crippen molar-refractivity contribution >= 4 is 23.4 Å². The third-order valence-corrected chi connectivity index (χ3v) is 5.24. The molecule has 1 aromatic heterocycles. The highest BCUT2D eigenvalue weighted by Crippen LogP contribution is 2.28. The van der Waals surface area contributed by atoms with Crippen LogP contribution in [0, 0.1) is 0 Å². The molecule has 0 unspecified atom stereocenters. The normalized spacial score (nSPS) is 14.8. The first-order valence-corrected chi connectivity index (χ1v) is 10.4. The van der Waals surface area contributed by atoms with Gasteiger partial charge in [0.1, 0.15) is 0 Å². The highest BCUT2D eigenvalue weighted by molar-refractivity contribution is 6.33. The largest absolute Gasteiger partial charge is 0.441 e. The molecule has 29 heavy (non-hydrogen) atoms. The molecule has 0 saturated carbocycles. The van der Waals surface area contributed by atoms with Crippen LogP contribution in [-0.2, 0) is 16.0 Å². The van der Waals surface area contributed by atoms with Gasteiger partial charge in [-0.1, -0.05) is 30.7 Å². The summed E-state index contributed by atoms with van der Waals surface area (Å²) in [5.74, 6) is 1.26. The van der Waals surface area contributed by atoms with Gasteiger partial charge in [-0.05, 0) is 18.6 Å². The van der Waals surface area contributed by atoms with Gasteiger partial charge >= 0.3 is 0 Å². The first-order valence-electron chi connectivity index (χ1n) is 10.0. The quantitative estimate of drug-likeness (QED) is 0.712. The van der Waals surface area contributed by atoms with E-state index >= 15 is 0 Å². The number of nitrogens with zero attached hydrogens (tertiary/aromatic N) is 3. The first kappa shape index (κ1) is 21.3. The predicted octanol–water partition coefficient (Wildman–Crippen LogP) is 2.60. The molecule has 1 aliphatic rings. The summed E-state index contributed by atoms with van der Waals surface area (Å²) in [5, 5.41) is 3.49. The zero-order valence-electron chi connectivity index (χ0n) is 16.7. The summed E-state index contributed by atoms with van der Waals surface area (Å²) in [6.07, 6.45) is 3.37. The minimum atomic E-state index is 0.0462. The van der Waals surface area contributed by atoms with Crippen molar-refractivity contribution in [2.45, 2.75) is 26.2 Å². The number of aromatic nitrogens is 1. The Morgan fingerprint density at radius 2 is 1.97 bits per heavy atom. The zero-order valence-corrected chi connectivity index (χ0v) is 17.5. The number of aryl methyl sites for hydroxylation is 1. The van der Waals surface area contributed by atoms with Crippen molar-refractivity contribution in [2.75, 3.05) is 39.3 Å². The molecule has 7 nitrogen and oxygen atoms in total. The van der Waals surface area contributed by atoms with Crippen molar-refractivity contribution in [1.82, 2.24) is 20.1 Å². The molecule has 2 amide bonds. The van der Waals surface area contributed by atoms with Crippen LogP contribution in [-0.4, -0.2) is 65.9 Å². The lowest BCUT2D eigenvalue weighted by Crippen LogP contribution is -2.51.